The first-order chi connectivity index (χ1) is 13.8. The molecule has 1 amide bonds. The highest BCUT2D eigenvalue weighted by molar-refractivity contribution is 5.95. The van der Waals surface area contributed by atoms with E-state index in [-0.39, 0.29) is 24.1 Å². The summed E-state index contributed by atoms with van der Waals surface area (Å²) >= 11 is 0. The quantitative estimate of drug-likeness (QED) is 0.854. The largest absolute Gasteiger partial charge is 0.489 e. The van der Waals surface area contributed by atoms with Crippen molar-refractivity contribution in [3.63, 3.8) is 0 Å². The zero-order valence-electron chi connectivity index (χ0n) is 17.1. The minimum Gasteiger partial charge on any atom is -0.489 e. The van der Waals surface area contributed by atoms with Crippen molar-refractivity contribution in [3.8, 4) is 5.75 Å². The smallest absolute Gasteiger partial charge is 0.373 e. The first-order valence-corrected chi connectivity index (χ1v) is 9.99. The Kier molecular flexibility index (Phi) is 6.18. The van der Waals surface area contributed by atoms with Crippen LogP contribution in [0.1, 0.15) is 45.2 Å². The molecule has 4 rings (SSSR count). The molecule has 7 heteroatoms. The Bertz CT molecular complexity index is 923. The highest BCUT2D eigenvalue weighted by Crippen LogP contribution is 2.39. The van der Waals surface area contributed by atoms with Gasteiger partial charge >= 0.3 is 6.15 Å². The maximum Gasteiger partial charge on any atom is 0.373 e. The van der Waals surface area contributed by atoms with E-state index < -0.39 is 0 Å². The Morgan fingerprint density at radius 2 is 1.86 bits per heavy atom. The number of rotatable bonds is 3. The van der Waals surface area contributed by atoms with E-state index in [9.17, 15) is 4.79 Å². The van der Waals surface area contributed by atoms with Gasteiger partial charge in [0.05, 0.1) is 10.9 Å². The predicted octanol–water partition coefficient (Wildman–Crippen LogP) is 3.10. The maximum atomic E-state index is 12.5. The minimum absolute atomic E-state index is 0.0581. The summed E-state index contributed by atoms with van der Waals surface area (Å²) in [4.78, 5) is 35.5. The normalized spacial score (nSPS) is 22.8. The van der Waals surface area contributed by atoms with Crippen LogP contribution >= 0.6 is 0 Å². The number of ether oxygens (including phenoxy) is 1. The molecule has 7 nitrogen and oxygen atoms in total. The summed E-state index contributed by atoms with van der Waals surface area (Å²) in [5.41, 5.74) is 8.74. The van der Waals surface area contributed by atoms with E-state index >= 15 is 0 Å². The second-order valence-electron chi connectivity index (χ2n) is 8.08. The number of pyridine rings is 1. The van der Waals surface area contributed by atoms with E-state index in [4.69, 9.17) is 20.1 Å². The van der Waals surface area contributed by atoms with Gasteiger partial charge in [-0.25, -0.2) is 0 Å². The summed E-state index contributed by atoms with van der Waals surface area (Å²) in [6.07, 6.45) is 4.33. The number of piperidine rings is 1. The molecule has 2 fully saturated rings. The number of fused-ring (bicyclic) bond motifs is 3. The van der Waals surface area contributed by atoms with Gasteiger partial charge in [-0.05, 0) is 38.0 Å². The van der Waals surface area contributed by atoms with Crippen molar-refractivity contribution in [1.29, 1.82) is 0 Å². The molecule has 2 saturated heterocycles. The minimum atomic E-state index is 0.0581. The standard InChI is InChI=1S/C21H27N3O2.CO2/c1-12(2)21(25)24-14-7-8-15(24)11-16(10-14)26-19-6-4-5-18-20(19)17(22)9-13(3)23-18;2-1-3/h4-6,9,12,14-16H,7-8,10-11H2,1-3H3,(H2,22,23);. The van der Waals surface area contributed by atoms with Crippen LogP contribution in [-0.2, 0) is 14.4 Å². The second kappa shape index (κ2) is 8.62. The molecule has 0 spiro atoms. The highest BCUT2D eigenvalue weighted by Gasteiger charge is 2.44. The molecule has 2 bridgehead atoms. The topological polar surface area (TPSA) is 103 Å². The molecule has 2 aromatic rings. The van der Waals surface area contributed by atoms with Crippen molar-refractivity contribution in [1.82, 2.24) is 9.88 Å². The van der Waals surface area contributed by atoms with Crippen LogP contribution in [0.5, 0.6) is 5.75 Å². The number of carbonyl (C=O) groups is 1. The molecule has 0 saturated carbocycles. The lowest BCUT2D eigenvalue weighted by molar-refractivity contribution is -0.191. The van der Waals surface area contributed by atoms with Gasteiger partial charge in [0, 0.05) is 42.2 Å². The third-order valence-electron chi connectivity index (χ3n) is 5.69. The van der Waals surface area contributed by atoms with Crippen molar-refractivity contribution in [2.45, 2.75) is 64.6 Å². The van der Waals surface area contributed by atoms with Gasteiger partial charge in [0.1, 0.15) is 11.9 Å². The van der Waals surface area contributed by atoms with E-state index in [2.05, 4.69) is 9.88 Å². The number of hydrogen-bond donors (Lipinski definition) is 1. The first kappa shape index (κ1) is 20.8. The molecule has 1 aromatic heterocycles. The van der Waals surface area contributed by atoms with Crippen LogP contribution in [0.15, 0.2) is 24.3 Å². The number of nitrogen functional groups attached to an aromatic ring is 1. The predicted molar refractivity (Wildman–Crippen MR) is 108 cm³/mol. The average Bonchev–Trinajstić information content (AvgIpc) is 2.91. The maximum absolute atomic E-state index is 12.5. The molecule has 0 radical (unpaired) electrons. The number of aryl methyl sites for hydroxylation is 1. The van der Waals surface area contributed by atoms with Crippen LogP contribution in [0, 0.1) is 12.8 Å². The van der Waals surface area contributed by atoms with Gasteiger partial charge < -0.3 is 15.4 Å². The molecule has 29 heavy (non-hydrogen) atoms. The number of aromatic nitrogens is 1. The average molecular weight is 397 g/mol. The third kappa shape index (κ3) is 4.25. The summed E-state index contributed by atoms with van der Waals surface area (Å²) in [5.74, 6) is 1.15. The zero-order valence-corrected chi connectivity index (χ0v) is 17.1. The summed E-state index contributed by atoms with van der Waals surface area (Å²) in [6.45, 7) is 5.92. The van der Waals surface area contributed by atoms with E-state index in [1.807, 2.05) is 45.0 Å². The molecule has 0 aliphatic carbocycles. The molecule has 2 aliphatic heterocycles. The number of carbonyl (C=O) groups excluding carboxylic acids is 3. The van der Waals surface area contributed by atoms with Crippen LogP contribution in [0.2, 0.25) is 0 Å². The van der Waals surface area contributed by atoms with Gasteiger partial charge in [-0.1, -0.05) is 19.9 Å². The molecule has 2 aliphatic rings. The first-order valence-electron chi connectivity index (χ1n) is 9.99. The number of anilines is 1. The molecule has 2 atom stereocenters. The van der Waals surface area contributed by atoms with Crippen LogP contribution in [0.3, 0.4) is 0 Å². The van der Waals surface area contributed by atoms with Crippen molar-refractivity contribution in [2.75, 3.05) is 5.73 Å². The molecule has 3 heterocycles. The second-order valence-corrected chi connectivity index (χ2v) is 8.08. The number of nitrogens with zero attached hydrogens (tertiary/aromatic N) is 2. The Balaban J connectivity index is 0.000000755. The Labute approximate surface area is 170 Å². The third-order valence-corrected chi connectivity index (χ3v) is 5.69. The van der Waals surface area contributed by atoms with Crippen LogP contribution < -0.4 is 10.5 Å². The van der Waals surface area contributed by atoms with Gasteiger partial charge in [-0.3, -0.25) is 9.78 Å². The molecular formula is C22H27N3O4. The van der Waals surface area contributed by atoms with Crippen LogP contribution in [-0.4, -0.2) is 40.1 Å². The Morgan fingerprint density at radius 3 is 2.45 bits per heavy atom. The summed E-state index contributed by atoms with van der Waals surface area (Å²) in [7, 11) is 0. The van der Waals surface area contributed by atoms with E-state index in [0.29, 0.717) is 17.8 Å². The number of benzene rings is 1. The number of hydrogen-bond acceptors (Lipinski definition) is 6. The molecular weight excluding hydrogens is 370 g/mol. The van der Waals surface area contributed by atoms with Crippen LogP contribution in [0.25, 0.3) is 10.9 Å². The van der Waals surface area contributed by atoms with Gasteiger partial charge in [0.15, 0.2) is 0 Å². The fourth-order valence-electron chi connectivity index (χ4n) is 4.58. The fourth-order valence-corrected chi connectivity index (χ4v) is 4.58. The fraction of sp³-hybridized carbons (Fsp3) is 0.500. The number of amides is 1. The molecule has 2 unspecified atom stereocenters. The Hall–Kier alpha value is -2.92. The van der Waals surface area contributed by atoms with Crippen molar-refractivity contribution in [3.05, 3.63) is 30.0 Å². The van der Waals surface area contributed by atoms with Crippen molar-refractivity contribution in [2.24, 2.45) is 5.92 Å². The summed E-state index contributed by atoms with van der Waals surface area (Å²) < 4.78 is 6.40. The molecule has 1 aromatic carbocycles. The van der Waals surface area contributed by atoms with Gasteiger partial charge in [-0.15, -0.1) is 0 Å². The molecule has 154 valence electrons. The highest BCUT2D eigenvalue weighted by atomic mass is 16.5. The van der Waals surface area contributed by atoms with Crippen molar-refractivity contribution >= 4 is 28.6 Å². The van der Waals surface area contributed by atoms with Crippen molar-refractivity contribution < 1.29 is 19.1 Å². The lowest BCUT2D eigenvalue weighted by atomic mass is 9.97. The Morgan fingerprint density at radius 1 is 1.24 bits per heavy atom. The SMILES string of the molecule is Cc1cc(N)c2c(OC3CC4CCC(C3)N4C(=O)C(C)C)cccc2n1.O=C=O. The van der Waals surface area contributed by atoms with Gasteiger partial charge in [-0.2, -0.15) is 9.59 Å². The van der Waals surface area contributed by atoms with Gasteiger partial charge in [0.25, 0.3) is 0 Å². The van der Waals surface area contributed by atoms with E-state index in [1.54, 1.807) is 0 Å². The lowest BCUT2D eigenvalue weighted by Gasteiger charge is -2.40. The van der Waals surface area contributed by atoms with Crippen LogP contribution in [0.4, 0.5) is 5.69 Å². The zero-order chi connectivity index (χ0) is 21.1. The van der Waals surface area contributed by atoms with Gasteiger partial charge in [0.2, 0.25) is 5.91 Å². The van der Waals surface area contributed by atoms with E-state index in [1.165, 1.54) is 0 Å². The monoisotopic (exact) mass is 397 g/mol. The summed E-state index contributed by atoms with van der Waals surface area (Å²) in [6, 6.07) is 8.42. The van der Waals surface area contributed by atoms with E-state index in [0.717, 1.165) is 48.0 Å². The number of nitrogens with two attached hydrogens (primary N) is 1. The lowest BCUT2D eigenvalue weighted by Crippen LogP contribution is -2.50. The summed E-state index contributed by atoms with van der Waals surface area (Å²) in [5, 5.41) is 0.895. The molecule has 2 N–H and O–H groups in total.